The summed E-state index contributed by atoms with van der Waals surface area (Å²) < 4.78 is 13.0. The summed E-state index contributed by atoms with van der Waals surface area (Å²) in [4.78, 5) is 0. The van der Waals surface area contributed by atoms with Crippen LogP contribution in [-0.2, 0) is 0 Å². The molecule has 0 unspecified atom stereocenters. The number of hydrogen-bond donors (Lipinski definition) is 2. The molecule has 0 radical (unpaired) electrons. The van der Waals surface area contributed by atoms with Crippen molar-refractivity contribution in [2.24, 2.45) is 0 Å². The molecule has 0 aliphatic rings. The molecule has 0 bridgehead atoms. The van der Waals surface area contributed by atoms with Gasteiger partial charge in [0.25, 0.3) is 0 Å². The average Bonchev–Trinajstić information content (AvgIpc) is 2.23. The number of aromatic hydroxyl groups is 2. The molecule has 0 atom stereocenters. The Balaban J connectivity index is 2.53. The van der Waals surface area contributed by atoms with Gasteiger partial charge in [-0.3, -0.25) is 0 Å². The summed E-state index contributed by atoms with van der Waals surface area (Å²) in [7, 11) is 0. The molecule has 0 spiro atoms. The highest BCUT2D eigenvalue weighted by Crippen LogP contribution is 2.30. The van der Waals surface area contributed by atoms with Crippen molar-refractivity contribution in [2.75, 3.05) is 0 Å². The van der Waals surface area contributed by atoms with Gasteiger partial charge in [-0.2, -0.15) is 0 Å². The summed E-state index contributed by atoms with van der Waals surface area (Å²) in [6.07, 6.45) is 0. The Hall–Kier alpha value is -2.03. The molecule has 0 aliphatic carbocycles. The van der Waals surface area contributed by atoms with E-state index >= 15 is 0 Å². The number of hydrogen-bond acceptors (Lipinski definition) is 2. The molecule has 3 heteroatoms. The molecule has 0 amide bonds. The standard InChI is InChI=1S/C12H9FO2/c13-9-3-6-12(15)11(7-9)8-1-4-10(14)5-2-8/h1-7,14-15H. The van der Waals surface area contributed by atoms with Crippen LogP contribution in [0.2, 0.25) is 0 Å². The topological polar surface area (TPSA) is 40.5 Å². The zero-order valence-corrected chi connectivity index (χ0v) is 7.81. The lowest BCUT2D eigenvalue weighted by molar-refractivity contribution is 0.473. The third-order valence-corrected chi connectivity index (χ3v) is 2.14. The molecule has 0 aromatic heterocycles. The number of phenolic OH excluding ortho intramolecular Hbond substituents is 2. The minimum atomic E-state index is -0.407. The Kier molecular flexibility index (Phi) is 2.29. The number of benzene rings is 2. The van der Waals surface area contributed by atoms with Crippen LogP contribution in [0.1, 0.15) is 0 Å². The highest BCUT2D eigenvalue weighted by atomic mass is 19.1. The van der Waals surface area contributed by atoms with Crippen molar-refractivity contribution in [3.63, 3.8) is 0 Å². The Morgan fingerprint density at radius 3 is 2.20 bits per heavy atom. The fraction of sp³-hybridized carbons (Fsp3) is 0. The number of halogens is 1. The summed E-state index contributed by atoms with van der Waals surface area (Å²) in [6.45, 7) is 0. The number of phenols is 2. The lowest BCUT2D eigenvalue weighted by Gasteiger charge is -2.04. The summed E-state index contributed by atoms with van der Waals surface area (Å²) in [6, 6.07) is 9.95. The van der Waals surface area contributed by atoms with Gasteiger partial charge < -0.3 is 10.2 Å². The quantitative estimate of drug-likeness (QED) is 0.749. The lowest BCUT2D eigenvalue weighted by Crippen LogP contribution is -1.81. The smallest absolute Gasteiger partial charge is 0.124 e. The maximum Gasteiger partial charge on any atom is 0.124 e. The van der Waals surface area contributed by atoms with Crippen molar-refractivity contribution in [3.05, 3.63) is 48.3 Å². The van der Waals surface area contributed by atoms with Gasteiger partial charge in [-0.25, -0.2) is 4.39 Å². The maximum atomic E-state index is 13.0. The molecule has 2 N–H and O–H groups in total. The monoisotopic (exact) mass is 204 g/mol. The second kappa shape index (κ2) is 3.61. The minimum Gasteiger partial charge on any atom is -0.508 e. The first kappa shape index (κ1) is 9.52. The first-order valence-electron chi connectivity index (χ1n) is 4.45. The third kappa shape index (κ3) is 1.91. The van der Waals surface area contributed by atoms with Crippen molar-refractivity contribution in [1.29, 1.82) is 0 Å². The average molecular weight is 204 g/mol. The Labute approximate surface area is 86.2 Å². The Morgan fingerprint density at radius 2 is 1.53 bits per heavy atom. The van der Waals surface area contributed by atoms with Crippen LogP contribution >= 0.6 is 0 Å². The van der Waals surface area contributed by atoms with E-state index in [9.17, 15) is 9.50 Å². The fourth-order valence-corrected chi connectivity index (χ4v) is 1.38. The van der Waals surface area contributed by atoms with Crippen LogP contribution in [0.5, 0.6) is 11.5 Å². The molecule has 2 rings (SSSR count). The zero-order valence-electron chi connectivity index (χ0n) is 7.81. The van der Waals surface area contributed by atoms with Gasteiger partial charge in [-0.05, 0) is 35.9 Å². The molecule has 2 aromatic carbocycles. The predicted octanol–water partition coefficient (Wildman–Crippen LogP) is 2.90. The van der Waals surface area contributed by atoms with E-state index < -0.39 is 5.82 Å². The molecule has 0 saturated heterocycles. The van der Waals surface area contributed by atoms with Crippen LogP contribution in [0.4, 0.5) is 4.39 Å². The first-order valence-corrected chi connectivity index (χ1v) is 4.45. The second-order valence-electron chi connectivity index (χ2n) is 3.21. The summed E-state index contributed by atoms with van der Waals surface area (Å²) in [5, 5.41) is 18.6. The van der Waals surface area contributed by atoms with Gasteiger partial charge in [0, 0.05) is 5.56 Å². The summed E-state index contributed by atoms with van der Waals surface area (Å²) in [5.41, 5.74) is 1.07. The molecular weight excluding hydrogens is 195 g/mol. The van der Waals surface area contributed by atoms with E-state index in [1.807, 2.05) is 0 Å². The van der Waals surface area contributed by atoms with E-state index in [0.29, 0.717) is 11.1 Å². The molecule has 0 heterocycles. The molecule has 76 valence electrons. The molecule has 15 heavy (non-hydrogen) atoms. The summed E-state index contributed by atoms with van der Waals surface area (Å²) >= 11 is 0. The van der Waals surface area contributed by atoms with E-state index in [4.69, 9.17) is 5.11 Å². The maximum absolute atomic E-state index is 13.0. The highest BCUT2D eigenvalue weighted by molar-refractivity contribution is 5.70. The van der Waals surface area contributed by atoms with Gasteiger partial charge in [0.15, 0.2) is 0 Å². The van der Waals surface area contributed by atoms with Crippen LogP contribution < -0.4 is 0 Å². The summed E-state index contributed by atoms with van der Waals surface area (Å²) in [5.74, 6) is -0.257. The fourth-order valence-electron chi connectivity index (χ4n) is 1.38. The normalized spacial score (nSPS) is 10.2. The van der Waals surface area contributed by atoms with Gasteiger partial charge in [0.05, 0.1) is 0 Å². The van der Waals surface area contributed by atoms with Crippen molar-refractivity contribution in [3.8, 4) is 22.6 Å². The van der Waals surface area contributed by atoms with E-state index in [-0.39, 0.29) is 11.5 Å². The van der Waals surface area contributed by atoms with Crippen LogP contribution in [0, 0.1) is 5.82 Å². The third-order valence-electron chi connectivity index (χ3n) is 2.14. The van der Waals surface area contributed by atoms with Crippen molar-refractivity contribution in [2.45, 2.75) is 0 Å². The second-order valence-corrected chi connectivity index (χ2v) is 3.21. The van der Waals surface area contributed by atoms with Crippen LogP contribution in [0.25, 0.3) is 11.1 Å². The van der Waals surface area contributed by atoms with Gasteiger partial charge in [0.2, 0.25) is 0 Å². The molecule has 0 fully saturated rings. The molecule has 2 aromatic rings. The Bertz CT molecular complexity index is 477. The van der Waals surface area contributed by atoms with Gasteiger partial charge >= 0.3 is 0 Å². The van der Waals surface area contributed by atoms with Crippen LogP contribution in [0.3, 0.4) is 0 Å². The van der Waals surface area contributed by atoms with Gasteiger partial charge in [-0.1, -0.05) is 12.1 Å². The molecule has 0 aliphatic heterocycles. The minimum absolute atomic E-state index is 0.0158. The molecule has 2 nitrogen and oxygen atoms in total. The van der Waals surface area contributed by atoms with Crippen molar-refractivity contribution < 1.29 is 14.6 Å². The van der Waals surface area contributed by atoms with Crippen molar-refractivity contribution in [1.82, 2.24) is 0 Å². The van der Waals surface area contributed by atoms with E-state index in [2.05, 4.69) is 0 Å². The van der Waals surface area contributed by atoms with E-state index in [1.165, 1.54) is 30.3 Å². The van der Waals surface area contributed by atoms with Crippen LogP contribution in [-0.4, -0.2) is 10.2 Å². The zero-order chi connectivity index (χ0) is 10.8. The first-order chi connectivity index (χ1) is 7.16. The van der Waals surface area contributed by atoms with Gasteiger partial charge in [0.1, 0.15) is 17.3 Å². The van der Waals surface area contributed by atoms with Gasteiger partial charge in [-0.15, -0.1) is 0 Å². The number of rotatable bonds is 1. The van der Waals surface area contributed by atoms with Crippen LogP contribution in [0.15, 0.2) is 42.5 Å². The largest absolute Gasteiger partial charge is 0.508 e. The molecule has 0 saturated carbocycles. The van der Waals surface area contributed by atoms with Crippen molar-refractivity contribution >= 4 is 0 Å². The van der Waals surface area contributed by atoms with E-state index in [0.717, 1.165) is 0 Å². The predicted molar refractivity (Wildman–Crippen MR) is 55.2 cm³/mol. The highest BCUT2D eigenvalue weighted by Gasteiger charge is 2.05. The Morgan fingerprint density at radius 1 is 0.867 bits per heavy atom. The van der Waals surface area contributed by atoms with E-state index in [1.54, 1.807) is 12.1 Å². The lowest BCUT2D eigenvalue weighted by atomic mass is 10.0. The molecular formula is C12H9FO2. The SMILES string of the molecule is Oc1ccc(-c2cc(F)ccc2O)cc1.